The Balaban J connectivity index is 2.20. The molecule has 116 valence electrons. The van der Waals surface area contributed by atoms with Gasteiger partial charge in [-0.25, -0.2) is 4.98 Å². The first-order valence-corrected chi connectivity index (χ1v) is 6.88. The number of alkyl halides is 3. The minimum atomic E-state index is -4.28. The second-order valence-electron chi connectivity index (χ2n) is 4.40. The fourth-order valence-corrected chi connectivity index (χ4v) is 1.78. The molecule has 1 aromatic heterocycles. The molecular weight excluding hydrogens is 295 g/mol. The van der Waals surface area contributed by atoms with Crippen LogP contribution in [0.5, 0.6) is 0 Å². The zero-order valence-electron chi connectivity index (χ0n) is 11.3. The van der Waals surface area contributed by atoms with Gasteiger partial charge in [0.2, 0.25) is 0 Å². The molecular formula is C12H19ClF3N3O. The molecule has 0 aliphatic rings. The van der Waals surface area contributed by atoms with Gasteiger partial charge >= 0.3 is 6.18 Å². The number of ether oxygens (including phenoxy) is 1. The van der Waals surface area contributed by atoms with Crippen LogP contribution < -0.4 is 5.32 Å². The zero-order chi connectivity index (χ0) is 15.0. The Labute approximate surface area is 121 Å². The second-order valence-corrected chi connectivity index (χ2v) is 4.76. The fourth-order valence-electron chi connectivity index (χ4n) is 1.57. The summed E-state index contributed by atoms with van der Waals surface area (Å²) in [7, 11) is 0. The molecule has 0 saturated carbocycles. The molecule has 0 amide bonds. The van der Waals surface area contributed by atoms with E-state index in [1.54, 1.807) is 0 Å². The van der Waals surface area contributed by atoms with E-state index in [-0.39, 0.29) is 6.61 Å². The molecule has 0 radical (unpaired) electrons. The number of nitrogens with one attached hydrogen (secondary N) is 2. The number of halogens is 4. The minimum absolute atomic E-state index is 0.00599. The van der Waals surface area contributed by atoms with Crippen molar-refractivity contribution in [1.29, 1.82) is 0 Å². The molecule has 0 atom stereocenters. The summed E-state index contributed by atoms with van der Waals surface area (Å²) in [6, 6.07) is 0. The van der Waals surface area contributed by atoms with Crippen molar-refractivity contribution in [2.75, 3.05) is 19.8 Å². The number of unbranched alkanes of at least 4 members (excludes halogenated alkanes) is 1. The monoisotopic (exact) mass is 313 g/mol. The molecule has 8 heteroatoms. The number of nitrogens with zero attached hydrogens (tertiary/aromatic N) is 1. The Hall–Kier alpha value is -0.790. The van der Waals surface area contributed by atoms with Gasteiger partial charge in [0.15, 0.2) is 5.15 Å². The molecule has 0 unspecified atom stereocenters. The molecule has 0 aromatic carbocycles. The molecule has 0 bridgehead atoms. The van der Waals surface area contributed by atoms with E-state index < -0.39 is 12.8 Å². The Morgan fingerprint density at radius 1 is 1.40 bits per heavy atom. The molecule has 1 heterocycles. The van der Waals surface area contributed by atoms with Gasteiger partial charge in [-0.15, -0.1) is 0 Å². The second kappa shape index (κ2) is 8.49. The summed E-state index contributed by atoms with van der Waals surface area (Å²) in [5, 5.41) is 3.35. The maximum atomic E-state index is 11.8. The standard InChI is InChI=1S/C12H19ClF3N3O/c1-2-3-4-10-18-9(11(13)19-10)7-17-5-6-20-8-12(14,15)16/h17H,2-8H2,1H3,(H,18,19). The van der Waals surface area contributed by atoms with Crippen LogP contribution in [0, 0.1) is 0 Å². The summed E-state index contributed by atoms with van der Waals surface area (Å²) in [6.07, 6.45) is -1.34. The smallest absolute Gasteiger partial charge is 0.371 e. The van der Waals surface area contributed by atoms with Crippen LogP contribution in [0.25, 0.3) is 0 Å². The molecule has 0 aliphatic carbocycles. The molecule has 1 aromatic rings. The summed E-state index contributed by atoms with van der Waals surface area (Å²) in [4.78, 5) is 7.29. The van der Waals surface area contributed by atoms with Crippen LogP contribution in [0.15, 0.2) is 0 Å². The third kappa shape index (κ3) is 7.12. The summed E-state index contributed by atoms with van der Waals surface area (Å²) in [5.41, 5.74) is 0.744. The van der Waals surface area contributed by atoms with Gasteiger partial charge in [-0.2, -0.15) is 13.2 Å². The predicted molar refractivity (Wildman–Crippen MR) is 70.8 cm³/mol. The van der Waals surface area contributed by atoms with Crippen LogP contribution in [0.4, 0.5) is 13.2 Å². The van der Waals surface area contributed by atoms with Crippen LogP contribution in [-0.4, -0.2) is 35.9 Å². The van der Waals surface area contributed by atoms with Crippen LogP contribution in [0.3, 0.4) is 0 Å². The van der Waals surface area contributed by atoms with E-state index in [0.717, 1.165) is 30.8 Å². The predicted octanol–water partition coefficient (Wildman–Crippen LogP) is 3.07. The topological polar surface area (TPSA) is 49.9 Å². The average Bonchev–Trinajstić information content (AvgIpc) is 2.70. The molecule has 0 spiro atoms. The van der Waals surface area contributed by atoms with Crippen molar-refractivity contribution in [3.63, 3.8) is 0 Å². The van der Waals surface area contributed by atoms with E-state index in [4.69, 9.17) is 11.6 Å². The lowest BCUT2D eigenvalue weighted by atomic mass is 10.2. The van der Waals surface area contributed by atoms with Crippen molar-refractivity contribution in [3.05, 3.63) is 16.7 Å². The number of H-pyrrole nitrogens is 1. The SMILES string of the molecule is CCCCc1nc(Cl)c(CNCCOCC(F)(F)F)[nH]1. The number of aryl methyl sites for hydroxylation is 1. The highest BCUT2D eigenvalue weighted by Crippen LogP contribution is 2.15. The highest BCUT2D eigenvalue weighted by molar-refractivity contribution is 6.30. The van der Waals surface area contributed by atoms with E-state index in [1.165, 1.54) is 0 Å². The van der Waals surface area contributed by atoms with Gasteiger partial charge in [-0.3, -0.25) is 0 Å². The summed E-state index contributed by atoms with van der Waals surface area (Å²) in [5.74, 6) is 0.835. The van der Waals surface area contributed by atoms with Gasteiger partial charge in [-0.1, -0.05) is 24.9 Å². The van der Waals surface area contributed by atoms with Gasteiger partial charge in [0.05, 0.1) is 12.3 Å². The quantitative estimate of drug-likeness (QED) is 0.689. The lowest BCUT2D eigenvalue weighted by Gasteiger charge is -2.08. The summed E-state index contributed by atoms with van der Waals surface area (Å²) in [6.45, 7) is 1.60. The zero-order valence-corrected chi connectivity index (χ0v) is 12.1. The molecule has 0 saturated heterocycles. The molecule has 1 rings (SSSR count). The van der Waals surface area contributed by atoms with E-state index in [0.29, 0.717) is 18.2 Å². The average molecular weight is 314 g/mol. The van der Waals surface area contributed by atoms with Crippen molar-refractivity contribution < 1.29 is 17.9 Å². The van der Waals surface area contributed by atoms with Crippen LogP contribution in [-0.2, 0) is 17.7 Å². The van der Waals surface area contributed by atoms with E-state index >= 15 is 0 Å². The van der Waals surface area contributed by atoms with Gasteiger partial charge < -0.3 is 15.0 Å². The van der Waals surface area contributed by atoms with Crippen LogP contribution in [0.2, 0.25) is 5.15 Å². The Bertz CT molecular complexity index is 396. The molecule has 2 N–H and O–H groups in total. The van der Waals surface area contributed by atoms with Crippen LogP contribution in [0.1, 0.15) is 31.3 Å². The van der Waals surface area contributed by atoms with Crippen molar-refractivity contribution in [2.24, 2.45) is 0 Å². The Kier molecular flexibility index (Phi) is 7.32. The Morgan fingerprint density at radius 3 is 2.80 bits per heavy atom. The van der Waals surface area contributed by atoms with Gasteiger partial charge in [0, 0.05) is 19.5 Å². The molecule has 20 heavy (non-hydrogen) atoms. The van der Waals surface area contributed by atoms with Crippen molar-refractivity contribution in [3.8, 4) is 0 Å². The Morgan fingerprint density at radius 2 is 2.15 bits per heavy atom. The third-order valence-electron chi connectivity index (χ3n) is 2.54. The lowest BCUT2D eigenvalue weighted by molar-refractivity contribution is -0.173. The normalized spacial score (nSPS) is 12.1. The molecule has 4 nitrogen and oxygen atoms in total. The van der Waals surface area contributed by atoms with E-state index in [9.17, 15) is 13.2 Å². The van der Waals surface area contributed by atoms with Gasteiger partial charge in [0.25, 0.3) is 0 Å². The largest absolute Gasteiger partial charge is 0.411 e. The van der Waals surface area contributed by atoms with Crippen LogP contribution >= 0.6 is 11.6 Å². The molecule has 0 aliphatic heterocycles. The van der Waals surface area contributed by atoms with Crippen molar-refractivity contribution in [1.82, 2.24) is 15.3 Å². The number of imidazole rings is 1. The maximum absolute atomic E-state index is 11.8. The van der Waals surface area contributed by atoms with Crippen molar-refractivity contribution in [2.45, 2.75) is 38.9 Å². The fraction of sp³-hybridized carbons (Fsp3) is 0.750. The minimum Gasteiger partial charge on any atom is -0.371 e. The number of rotatable bonds is 9. The molecule has 0 fully saturated rings. The highest BCUT2D eigenvalue weighted by atomic mass is 35.5. The first-order chi connectivity index (χ1) is 9.42. The maximum Gasteiger partial charge on any atom is 0.411 e. The van der Waals surface area contributed by atoms with Gasteiger partial charge in [-0.05, 0) is 6.42 Å². The number of aromatic nitrogens is 2. The number of hydrogen-bond donors (Lipinski definition) is 2. The first kappa shape index (κ1) is 17.3. The van der Waals surface area contributed by atoms with Gasteiger partial charge in [0.1, 0.15) is 12.4 Å². The highest BCUT2D eigenvalue weighted by Gasteiger charge is 2.27. The summed E-state index contributed by atoms with van der Waals surface area (Å²) < 4.78 is 39.9. The third-order valence-corrected chi connectivity index (χ3v) is 2.85. The lowest BCUT2D eigenvalue weighted by Crippen LogP contribution is -2.23. The summed E-state index contributed by atoms with van der Waals surface area (Å²) >= 11 is 5.96. The van der Waals surface area contributed by atoms with Crippen molar-refractivity contribution >= 4 is 11.6 Å². The van der Waals surface area contributed by atoms with E-state index in [2.05, 4.69) is 26.9 Å². The van der Waals surface area contributed by atoms with E-state index in [1.807, 2.05) is 0 Å². The number of hydrogen-bond acceptors (Lipinski definition) is 3. The first-order valence-electron chi connectivity index (χ1n) is 6.51. The number of aromatic amines is 1.